The average Bonchev–Trinajstić information content (AvgIpc) is 2.44. The third-order valence-corrected chi connectivity index (χ3v) is 3.05. The number of anilines is 1. The van der Waals surface area contributed by atoms with Crippen molar-refractivity contribution in [3.8, 4) is 5.75 Å². The molecule has 0 atom stereocenters. The first-order valence-electron chi connectivity index (χ1n) is 7.21. The topological polar surface area (TPSA) is 38.3 Å². The lowest BCUT2D eigenvalue weighted by atomic mass is 10.1. The van der Waals surface area contributed by atoms with Crippen molar-refractivity contribution in [1.82, 2.24) is 0 Å². The smallest absolute Gasteiger partial charge is 0.255 e. The molecule has 0 saturated carbocycles. The Kier molecular flexibility index (Phi) is 4.99. The molecule has 0 bridgehead atoms. The highest BCUT2D eigenvalue weighted by Gasteiger charge is 2.08. The van der Waals surface area contributed by atoms with Crippen LogP contribution in [0, 0.1) is 13.8 Å². The summed E-state index contributed by atoms with van der Waals surface area (Å²) in [6, 6.07) is 13.3. The lowest BCUT2D eigenvalue weighted by Crippen LogP contribution is -2.12. The molecule has 110 valence electrons. The summed E-state index contributed by atoms with van der Waals surface area (Å²) in [5.74, 6) is 0.604. The Morgan fingerprint density at radius 2 is 1.81 bits per heavy atom. The molecule has 0 spiro atoms. The van der Waals surface area contributed by atoms with E-state index in [9.17, 15) is 4.79 Å². The highest BCUT2D eigenvalue weighted by molar-refractivity contribution is 6.04. The number of carbonyl (C=O) groups excluding carboxylic acids is 1. The van der Waals surface area contributed by atoms with Crippen molar-refractivity contribution in [3.63, 3.8) is 0 Å². The van der Waals surface area contributed by atoms with E-state index < -0.39 is 0 Å². The Bertz CT molecular complexity index is 615. The molecule has 2 aromatic rings. The molecule has 3 nitrogen and oxygen atoms in total. The summed E-state index contributed by atoms with van der Waals surface area (Å²) in [6.45, 7) is 6.74. The van der Waals surface area contributed by atoms with Gasteiger partial charge in [0.05, 0.1) is 6.61 Å². The quantitative estimate of drug-likeness (QED) is 0.886. The molecule has 2 aromatic carbocycles. The fourth-order valence-corrected chi connectivity index (χ4v) is 2.20. The minimum absolute atomic E-state index is 0.123. The van der Waals surface area contributed by atoms with Gasteiger partial charge in [-0.2, -0.15) is 0 Å². The predicted octanol–water partition coefficient (Wildman–Crippen LogP) is 4.34. The first-order valence-corrected chi connectivity index (χ1v) is 7.21. The summed E-state index contributed by atoms with van der Waals surface area (Å²) >= 11 is 0. The zero-order valence-corrected chi connectivity index (χ0v) is 12.8. The molecule has 0 heterocycles. The van der Waals surface area contributed by atoms with Crippen LogP contribution in [0.1, 0.15) is 34.8 Å². The Hall–Kier alpha value is -2.29. The fraction of sp³-hybridized carbons (Fsp3) is 0.278. The van der Waals surface area contributed by atoms with Gasteiger partial charge >= 0.3 is 0 Å². The van der Waals surface area contributed by atoms with Gasteiger partial charge in [0, 0.05) is 11.3 Å². The number of rotatable bonds is 5. The summed E-state index contributed by atoms with van der Waals surface area (Å²) in [5.41, 5.74) is 3.68. The molecule has 2 rings (SSSR count). The summed E-state index contributed by atoms with van der Waals surface area (Å²) in [4.78, 5) is 12.3. The van der Waals surface area contributed by atoms with E-state index in [0.717, 1.165) is 29.0 Å². The third kappa shape index (κ3) is 4.35. The van der Waals surface area contributed by atoms with Gasteiger partial charge in [0.1, 0.15) is 5.75 Å². The van der Waals surface area contributed by atoms with E-state index in [4.69, 9.17) is 4.74 Å². The largest absolute Gasteiger partial charge is 0.494 e. The predicted molar refractivity (Wildman–Crippen MR) is 86.1 cm³/mol. The molecule has 0 radical (unpaired) electrons. The van der Waals surface area contributed by atoms with Crippen molar-refractivity contribution in [2.45, 2.75) is 27.2 Å². The van der Waals surface area contributed by atoms with Crippen LogP contribution >= 0.6 is 0 Å². The van der Waals surface area contributed by atoms with Gasteiger partial charge in [0.25, 0.3) is 5.91 Å². The molecule has 0 aromatic heterocycles. The van der Waals surface area contributed by atoms with Gasteiger partial charge in [0.15, 0.2) is 0 Å². The minimum Gasteiger partial charge on any atom is -0.494 e. The van der Waals surface area contributed by atoms with Crippen molar-refractivity contribution in [1.29, 1.82) is 0 Å². The summed E-state index contributed by atoms with van der Waals surface area (Å²) < 4.78 is 5.55. The third-order valence-electron chi connectivity index (χ3n) is 3.05. The van der Waals surface area contributed by atoms with Gasteiger partial charge in [-0.25, -0.2) is 0 Å². The summed E-state index contributed by atoms with van der Waals surface area (Å²) in [5, 5.41) is 2.93. The Labute approximate surface area is 126 Å². The highest BCUT2D eigenvalue weighted by Crippen LogP contribution is 2.17. The normalized spacial score (nSPS) is 10.2. The number of nitrogens with one attached hydrogen (secondary N) is 1. The van der Waals surface area contributed by atoms with Crippen molar-refractivity contribution >= 4 is 11.6 Å². The summed E-state index contributed by atoms with van der Waals surface area (Å²) in [7, 11) is 0. The number of hydrogen-bond acceptors (Lipinski definition) is 2. The molecular weight excluding hydrogens is 262 g/mol. The van der Waals surface area contributed by atoms with E-state index in [1.165, 1.54) is 0 Å². The standard InChI is InChI=1S/C18H21NO2/c1-4-8-21-17-7-5-6-15(12-17)18(20)19-16-10-13(2)9-14(3)11-16/h5-7,9-12H,4,8H2,1-3H3,(H,19,20). The van der Waals surface area contributed by atoms with Crippen molar-refractivity contribution in [3.05, 3.63) is 59.2 Å². The van der Waals surface area contributed by atoms with Gasteiger partial charge in [-0.05, 0) is 61.7 Å². The SMILES string of the molecule is CCCOc1cccc(C(=O)Nc2cc(C)cc(C)c2)c1. The lowest BCUT2D eigenvalue weighted by molar-refractivity contribution is 0.102. The van der Waals surface area contributed by atoms with Crippen LogP contribution in [0.2, 0.25) is 0 Å². The van der Waals surface area contributed by atoms with Gasteiger partial charge in [-0.15, -0.1) is 0 Å². The average molecular weight is 283 g/mol. The van der Waals surface area contributed by atoms with Crippen molar-refractivity contribution < 1.29 is 9.53 Å². The zero-order chi connectivity index (χ0) is 15.2. The number of amides is 1. The number of hydrogen-bond donors (Lipinski definition) is 1. The Balaban J connectivity index is 2.12. The van der Waals surface area contributed by atoms with Crippen molar-refractivity contribution in [2.75, 3.05) is 11.9 Å². The maximum atomic E-state index is 12.3. The van der Waals surface area contributed by atoms with E-state index in [-0.39, 0.29) is 5.91 Å². The van der Waals surface area contributed by atoms with Crippen LogP contribution in [0.25, 0.3) is 0 Å². The van der Waals surface area contributed by atoms with Crippen LogP contribution in [0.3, 0.4) is 0 Å². The van der Waals surface area contributed by atoms with E-state index in [1.807, 2.05) is 38.1 Å². The maximum absolute atomic E-state index is 12.3. The first-order chi connectivity index (χ1) is 10.1. The maximum Gasteiger partial charge on any atom is 0.255 e. The molecular formula is C18H21NO2. The van der Waals surface area contributed by atoms with Gasteiger partial charge < -0.3 is 10.1 Å². The van der Waals surface area contributed by atoms with E-state index in [2.05, 4.69) is 18.3 Å². The van der Waals surface area contributed by atoms with Crippen LogP contribution in [-0.2, 0) is 0 Å². The molecule has 0 aliphatic carbocycles. The van der Waals surface area contributed by atoms with Crippen LogP contribution in [0.15, 0.2) is 42.5 Å². The van der Waals surface area contributed by atoms with Gasteiger partial charge in [-0.1, -0.05) is 19.1 Å². The molecule has 1 amide bonds. The van der Waals surface area contributed by atoms with Crippen LogP contribution < -0.4 is 10.1 Å². The lowest BCUT2D eigenvalue weighted by Gasteiger charge is -2.09. The molecule has 0 aliphatic rings. The molecule has 0 fully saturated rings. The number of ether oxygens (including phenoxy) is 1. The van der Waals surface area contributed by atoms with E-state index >= 15 is 0 Å². The fourth-order valence-electron chi connectivity index (χ4n) is 2.20. The number of benzene rings is 2. The van der Waals surface area contributed by atoms with E-state index in [0.29, 0.717) is 12.2 Å². The summed E-state index contributed by atoms with van der Waals surface area (Å²) in [6.07, 6.45) is 0.943. The Morgan fingerprint density at radius 3 is 2.48 bits per heavy atom. The molecule has 21 heavy (non-hydrogen) atoms. The minimum atomic E-state index is -0.123. The molecule has 0 unspecified atom stereocenters. The monoisotopic (exact) mass is 283 g/mol. The Morgan fingerprint density at radius 1 is 1.10 bits per heavy atom. The van der Waals surface area contributed by atoms with Crippen LogP contribution in [0.5, 0.6) is 5.75 Å². The first kappa shape index (κ1) is 15.1. The number of carbonyl (C=O) groups is 1. The van der Waals surface area contributed by atoms with Gasteiger partial charge in [-0.3, -0.25) is 4.79 Å². The second kappa shape index (κ2) is 6.93. The molecule has 0 saturated heterocycles. The molecule has 0 aliphatic heterocycles. The molecule has 1 N–H and O–H groups in total. The van der Waals surface area contributed by atoms with E-state index in [1.54, 1.807) is 12.1 Å². The zero-order valence-electron chi connectivity index (χ0n) is 12.8. The highest BCUT2D eigenvalue weighted by atomic mass is 16.5. The second-order valence-electron chi connectivity index (χ2n) is 5.21. The molecule has 3 heteroatoms. The van der Waals surface area contributed by atoms with Gasteiger partial charge in [0.2, 0.25) is 0 Å². The number of aryl methyl sites for hydroxylation is 2. The second-order valence-corrected chi connectivity index (χ2v) is 5.21. The van der Waals surface area contributed by atoms with Crippen LogP contribution in [0.4, 0.5) is 5.69 Å². The van der Waals surface area contributed by atoms with Crippen LogP contribution in [-0.4, -0.2) is 12.5 Å². The van der Waals surface area contributed by atoms with Crippen molar-refractivity contribution in [2.24, 2.45) is 0 Å².